The zero-order chi connectivity index (χ0) is 17.9. The van der Waals surface area contributed by atoms with Crippen molar-refractivity contribution in [2.75, 3.05) is 33.4 Å². The van der Waals surface area contributed by atoms with Gasteiger partial charge in [0.05, 0.1) is 20.2 Å². The molecule has 0 aliphatic rings. The predicted molar refractivity (Wildman–Crippen MR) is 91.8 cm³/mol. The Bertz CT molecular complexity index is 647. The maximum Gasteiger partial charge on any atom is 0.315 e. The van der Waals surface area contributed by atoms with Gasteiger partial charge in [-0.2, -0.15) is 0 Å². The fraction of sp³-hybridized carbons (Fsp3) is 0.278. The van der Waals surface area contributed by atoms with Crippen molar-refractivity contribution in [3.8, 4) is 17.2 Å². The van der Waals surface area contributed by atoms with Gasteiger partial charge in [-0.3, -0.25) is 0 Å². The topological polar surface area (TPSA) is 68.8 Å². The highest BCUT2D eigenvalue weighted by atomic mass is 19.1. The molecule has 2 aromatic carbocycles. The third kappa shape index (κ3) is 6.99. The highest BCUT2D eigenvalue weighted by Crippen LogP contribution is 2.16. The fourth-order valence-electron chi connectivity index (χ4n) is 1.93. The second kappa shape index (κ2) is 10.0. The van der Waals surface area contributed by atoms with Gasteiger partial charge in [0.1, 0.15) is 36.3 Å². The molecule has 0 saturated heterocycles. The first-order valence-corrected chi connectivity index (χ1v) is 7.84. The zero-order valence-electron chi connectivity index (χ0n) is 14.0. The van der Waals surface area contributed by atoms with Crippen molar-refractivity contribution in [2.45, 2.75) is 0 Å². The molecular formula is C18H21FN2O4. The van der Waals surface area contributed by atoms with E-state index >= 15 is 0 Å². The SMILES string of the molecule is COc1ccc(OCCNC(=O)NCCOc2ccc(F)cc2)cc1. The maximum absolute atomic E-state index is 12.7. The Morgan fingerprint density at radius 2 is 1.28 bits per heavy atom. The third-order valence-electron chi connectivity index (χ3n) is 3.19. The monoisotopic (exact) mass is 348 g/mol. The van der Waals surface area contributed by atoms with Crippen LogP contribution in [0.4, 0.5) is 9.18 Å². The number of rotatable bonds is 9. The number of hydrogen-bond donors (Lipinski definition) is 2. The molecule has 0 spiro atoms. The van der Waals surface area contributed by atoms with Crippen LogP contribution in [-0.4, -0.2) is 39.4 Å². The zero-order valence-corrected chi connectivity index (χ0v) is 14.0. The molecular weight excluding hydrogens is 327 g/mol. The number of amides is 2. The summed E-state index contributed by atoms with van der Waals surface area (Å²) in [5.74, 6) is 1.70. The van der Waals surface area contributed by atoms with E-state index in [-0.39, 0.29) is 11.8 Å². The number of methoxy groups -OCH3 is 1. The molecule has 7 heteroatoms. The lowest BCUT2D eigenvalue weighted by molar-refractivity contribution is 0.232. The fourth-order valence-corrected chi connectivity index (χ4v) is 1.93. The van der Waals surface area contributed by atoms with Crippen molar-refractivity contribution in [1.82, 2.24) is 10.6 Å². The summed E-state index contributed by atoms with van der Waals surface area (Å²) in [6.07, 6.45) is 0. The van der Waals surface area contributed by atoms with Crippen LogP contribution < -0.4 is 24.8 Å². The number of halogens is 1. The van der Waals surface area contributed by atoms with Gasteiger partial charge in [0.15, 0.2) is 0 Å². The van der Waals surface area contributed by atoms with E-state index in [1.54, 1.807) is 31.4 Å². The first-order valence-electron chi connectivity index (χ1n) is 7.84. The van der Waals surface area contributed by atoms with Gasteiger partial charge in [0.2, 0.25) is 0 Å². The maximum atomic E-state index is 12.7. The quantitative estimate of drug-likeness (QED) is 0.684. The number of urea groups is 1. The molecule has 2 amide bonds. The molecule has 0 fully saturated rings. The Morgan fingerprint density at radius 1 is 0.840 bits per heavy atom. The van der Waals surface area contributed by atoms with Gasteiger partial charge in [-0.25, -0.2) is 9.18 Å². The van der Waals surface area contributed by atoms with E-state index in [4.69, 9.17) is 14.2 Å². The molecule has 0 atom stereocenters. The Labute approximate surface area is 145 Å². The average Bonchev–Trinajstić information content (AvgIpc) is 2.64. The molecule has 2 N–H and O–H groups in total. The van der Waals surface area contributed by atoms with Gasteiger partial charge in [0, 0.05) is 0 Å². The van der Waals surface area contributed by atoms with Gasteiger partial charge >= 0.3 is 6.03 Å². The molecule has 25 heavy (non-hydrogen) atoms. The summed E-state index contributed by atoms with van der Waals surface area (Å²) in [5.41, 5.74) is 0. The van der Waals surface area contributed by atoms with Crippen LogP contribution in [0, 0.1) is 5.82 Å². The predicted octanol–water partition coefficient (Wildman–Crippen LogP) is 2.59. The highest BCUT2D eigenvalue weighted by Gasteiger charge is 2.00. The summed E-state index contributed by atoms with van der Waals surface area (Å²) in [6.45, 7) is 1.35. The van der Waals surface area contributed by atoms with E-state index in [1.807, 2.05) is 0 Å². The molecule has 0 bridgehead atoms. The molecule has 2 rings (SSSR count). The summed E-state index contributed by atoms with van der Waals surface area (Å²) >= 11 is 0. The number of carbonyl (C=O) groups excluding carboxylic acids is 1. The van der Waals surface area contributed by atoms with E-state index in [0.717, 1.165) is 5.75 Å². The summed E-state index contributed by atoms with van der Waals surface area (Å²) in [4.78, 5) is 11.6. The van der Waals surface area contributed by atoms with E-state index in [2.05, 4.69) is 10.6 Å². The standard InChI is InChI=1S/C18H21FN2O4/c1-23-15-6-8-17(9-7-15)25-13-11-21-18(22)20-10-12-24-16-4-2-14(19)3-5-16/h2-9H,10-13H2,1H3,(H2,20,21,22). The van der Waals surface area contributed by atoms with Crippen LogP contribution in [0.15, 0.2) is 48.5 Å². The van der Waals surface area contributed by atoms with Crippen LogP contribution in [0.5, 0.6) is 17.2 Å². The smallest absolute Gasteiger partial charge is 0.315 e. The summed E-state index contributed by atoms with van der Waals surface area (Å²) < 4.78 is 28.7. The molecule has 0 unspecified atom stereocenters. The first kappa shape index (κ1) is 18.4. The highest BCUT2D eigenvalue weighted by molar-refractivity contribution is 5.73. The van der Waals surface area contributed by atoms with Crippen molar-refractivity contribution in [3.05, 3.63) is 54.3 Å². The van der Waals surface area contributed by atoms with Crippen molar-refractivity contribution >= 4 is 6.03 Å². The van der Waals surface area contributed by atoms with Gasteiger partial charge < -0.3 is 24.8 Å². The largest absolute Gasteiger partial charge is 0.497 e. The molecule has 2 aromatic rings. The summed E-state index contributed by atoms with van der Waals surface area (Å²) in [5, 5.41) is 5.33. The van der Waals surface area contributed by atoms with E-state index < -0.39 is 0 Å². The first-order chi connectivity index (χ1) is 12.2. The van der Waals surface area contributed by atoms with Crippen molar-refractivity contribution in [1.29, 1.82) is 0 Å². The minimum atomic E-state index is -0.318. The van der Waals surface area contributed by atoms with Gasteiger partial charge in [0.25, 0.3) is 0 Å². The lowest BCUT2D eigenvalue weighted by Crippen LogP contribution is -2.39. The number of nitrogens with one attached hydrogen (secondary N) is 2. The minimum Gasteiger partial charge on any atom is -0.497 e. The molecule has 6 nitrogen and oxygen atoms in total. The van der Waals surface area contributed by atoms with Crippen molar-refractivity contribution in [3.63, 3.8) is 0 Å². The van der Waals surface area contributed by atoms with Crippen LogP contribution in [0.3, 0.4) is 0 Å². The number of hydrogen-bond acceptors (Lipinski definition) is 4. The summed E-state index contributed by atoms with van der Waals surface area (Å²) in [6, 6.07) is 12.6. The van der Waals surface area contributed by atoms with Crippen LogP contribution in [0.1, 0.15) is 0 Å². The van der Waals surface area contributed by atoms with E-state index in [9.17, 15) is 9.18 Å². The van der Waals surface area contributed by atoms with Gasteiger partial charge in [-0.1, -0.05) is 0 Å². The molecule has 0 aliphatic carbocycles. The summed E-state index contributed by atoms with van der Waals surface area (Å²) in [7, 11) is 1.60. The number of benzene rings is 2. The Morgan fingerprint density at radius 3 is 1.76 bits per heavy atom. The van der Waals surface area contributed by atoms with Crippen LogP contribution in [-0.2, 0) is 0 Å². The Balaban J connectivity index is 1.52. The third-order valence-corrected chi connectivity index (χ3v) is 3.19. The average molecular weight is 348 g/mol. The van der Waals surface area contributed by atoms with Crippen LogP contribution in [0.25, 0.3) is 0 Å². The lowest BCUT2D eigenvalue weighted by Gasteiger charge is -2.10. The van der Waals surface area contributed by atoms with E-state index in [0.29, 0.717) is 37.8 Å². The molecule has 0 radical (unpaired) electrons. The van der Waals surface area contributed by atoms with Gasteiger partial charge in [-0.15, -0.1) is 0 Å². The van der Waals surface area contributed by atoms with Crippen molar-refractivity contribution < 1.29 is 23.4 Å². The second-order valence-electron chi connectivity index (χ2n) is 5.01. The van der Waals surface area contributed by atoms with E-state index in [1.165, 1.54) is 24.3 Å². The Kier molecular flexibility index (Phi) is 7.37. The molecule has 0 heterocycles. The molecule has 134 valence electrons. The lowest BCUT2D eigenvalue weighted by atomic mass is 10.3. The molecule has 0 aromatic heterocycles. The van der Waals surface area contributed by atoms with Crippen molar-refractivity contribution in [2.24, 2.45) is 0 Å². The van der Waals surface area contributed by atoms with Crippen LogP contribution in [0.2, 0.25) is 0 Å². The van der Waals surface area contributed by atoms with Gasteiger partial charge in [-0.05, 0) is 48.5 Å². The minimum absolute atomic E-state index is 0.293. The number of carbonyl (C=O) groups is 1. The van der Waals surface area contributed by atoms with Crippen LogP contribution >= 0.6 is 0 Å². The molecule has 0 aliphatic heterocycles. The molecule has 0 saturated carbocycles. The normalized spacial score (nSPS) is 10.0. The second-order valence-corrected chi connectivity index (χ2v) is 5.01. The Hall–Kier alpha value is -2.96. The number of ether oxygens (including phenoxy) is 3.